The maximum atomic E-state index is 9.64. The van der Waals surface area contributed by atoms with E-state index in [4.69, 9.17) is 4.84 Å². The number of hydroxylamine groups is 2. The van der Waals surface area contributed by atoms with Crippen LogP contribution in [0.2, 0.25) is 0 Å². The van der Waals surface area contributed by atoms with Crippen molar-refractivity contribution in [1.82, 2.24) is 4.90 Å². The molecule has 0 unspecified atom stereocenters. The molecule has 20 heavy (non-hydrogen) atoms. The fourth-order valence-electron chi connectivity index (χ4n) is 2.82. The molecule has 5 N–H and O–H groups in total. The van der Waals surface area contributed by atoms with Gasteiger partial charge in [0.05, 0.1) is 7.11 Å². The molecular formula is C15H31N3O2+2. The third-order valence-electron chi connectivity index (χ3n) is 3.78. The van der Waals surface area contributed by atoms with Gasteiger partial charge >= 0.3 is 0 Å². The largest absolute Gasteiger partial charge is 0.366 e. The lowest BCUT2D eigenvalue weighted by Gasteiger charge is -2.31. The van der Waals surface area contributed by atoms with Crippen LogP contribution in [-0.4, -0.2) is 30.3 Å². The predicted octanol–water partition coefficient (Wildman–Crippen LogP) is 0.855. The van der Waals surface area contributed by atoms with Gasteiger partial charge in [0.1, 0.15) is 5.70 Å². The molecule has 1 heterocycles. The van der Waals surface area contributed by atoms with Crippen LogP contribution in [0.15, 0.2) is 23.2 Å². The van der Waals surface area contributed by atoms with Gasteiger partial charge in [0.2, 0.25) is 5.70 Å². The van der Waals surface area contributed by atoms with Crippen LogP contribution >= 0.6 is 0 Å². The summed E-state index contributed by atoms with van der Waals surface area (Å²) in [5.74, 6) is 0. The topological polar surface area (TPSA) is 65.9 Å². The van der Waals surface area contributed by atoms with Crippen LogP contribution in [0.5, 0.6) is 0 Å². The zero-order chi connectivity index (χ0) is 14.8. The van der Waals surface area contributed by atoms with Gasteiger partial charge < -0.3 is 4.90 Å². The quantitative estimate of drug-likeness (QED) is 0.458. The maximum absolute atomic E-state index is 9.64. The Morgan fingerprint density at radius 1 is 1.25 bits per heavy atom. The Morgan fingerprint density at radius 2 is 1.95 bits per heavy atom. The van der Waals surface area contributed by atoms with Gasteiger partial charge in [0, 0.05) is 13.1 Å². The van der Waals surface area contributed by atoms with Crippen molar-refractivity contribution in [2.45, 2.75) is 52.4 Å². The SMILES string of the molecule is CCC/C(CC)=C(\C(=C/[NH2+]OC)[NH2+]O)N1CCCCC1. The highest BCUT2D eigenvalue weighted by atomic mass is 16.6. The summed E-state index contributed by atoms with van der Waals surface area (Å²) in [6.45, 7) is 6.57. The van der Waals surface area contributed by atoms with Crippen molar-refractivity contribution in [3.63, 3.8) is 0 Å². The van der Waals surface area contributed by atoms with E-state index < -0.39 is 0 Å². The molecule has 0 atom stereocenters. The third kappa shape index (κ3) is 4.90. The minimum absolute atomic E-state index is 0.860. The van der Waals surface area contributed by atoms with Crippen molar-refractivity contribution in [2.75, 3.05) is 20.2 Å². The highest BCUT2D eigenvalue weighted by molar-refractivity contribution is 5.28. The van der Waals surface area contributed by atoms with Crippen LogP contribution in [0.1, 0.15) is 52.4 Å². The molecule has 0 aliphatic carbocycles. The zero-order valence-corrected chi connectivity index (χ0v) is 13.2. The molecule has 0 amide bonds. The van der Waals surface area contributed by atoms with Gasteiger partial charge in [-0.1, -0.05) is 20.3 Å². The molecule has 0 aromatic heterocycles. The first-order valence-corrected chi connectivity index (χ1v) is 7.79. The van der Waals surface area contributed by atoms with E-state index in [0.717, 1.165) is 38.0 Å². The van der Waals surface area contributed by atoms with E-state index >= 15 is 0 Å². The van der Waals surface area contributed by atoms with Crippen LogP contribution in [0.3, 0.4) is 0 Å². The van der Waals surface area contributed by atoms with Crippen molar-refractivity contribution >= 4 is 0 Å². The number of rotatable bonds is 8. The molecule has 1 saturated heterocycles. The summed E-state index contributed by atoms with van der Waals surface area (Å²) < 4.78 is 0. The van der Waals surface area contributed by atoms with E-state index in [2.05, 4.69) is 18.7 Å². The van der Waals surface area contributed by atoms with E-state index in [1.54, 1.807) is 12.6 Å². The molecule has 116 valence electrons. The summed E-state index contributed by atoms with van der Waals surface area (Å²) in [5, 5.41) is 9.64. The summed E-state index contributed by atoms with van der Waals surface area (Å²) in [4.78, 5) is 7.44. The first kappa shape index (κ1) is 17.2. The summed E-state index contributed by atoms with van der Waals surface area (Å²) in [7, 11) is 1.63. The number of likely N-dealkylation sites (tertiary alicyclic amines) is 1. The minimum Gasteiger partial charge on any atom is -0.366 e. The molecule has 0 aromatic rings. The number of nitrogens with zero attached hydrogens (tertiary/aromatic N) is 1. The zero-order valence-electron chi connectivity index (χ0n) is 13.2. The standard InChI is InChI=1S/C15H29N3O2/c1-4-9-13(5-2)15(14(17-19)12-16-20-3)18-10-7-6-8-11-18/h12,16-17,19H,4-11H2,1-3H3/p+2/b14-12+,15-13+. The molecule has 1 aliphatic heterocycles. The van der Waals surface area contributed by atoms with Crippen LogP contribution in [0.4, 0.5) is 0 Å². The Kier molecular flexibility index (Phi) is 8.53. The number of nitrogens with two attached hydrogens (primary N) is 2. The van der Waals surface area contributed by atoms with Gasteiger partial charge in [0.15, 0.2) is 6.20 Å². The molecule has 0 aromatic carbocycles. The lowest BCUT2D eigenvalue weighted by molar-refractivity contribution is -0.874. The molecule has 0 saturated carbocycles. The van der Waals surface area contributed by atoms with E-state index in [9.17, 15) is 5.21 Å². The van der Waals surface area contributed by atoms with Crippen molar-refractivity contribution < 1.29 is 21.0 Å². The lowest BCUT2D eigenvalue weighted by Crippen LogP contribution is -2.84. The monoisotopic (exact) mass is 285 g/mol. The lowest BCUT2D eigenvalue weighted by atomic mass is 10.0. The number of allylic oxidation sites excluding steroid dienone is 1. The highest BCUT2D eigenvalue weighted by Crippen LogP contribution is 2.25. The summed E-state index contributed by atoms with van der Waals surface area (Å²) in [6, 6.07) is 0. The maximum Gasteiger partial charge on any atom is 0.241 e. The normalized spacial score (nSPS) is 18.2. The van der Waals surface area contributed by atoms with Gasteiger partial charge in [0.25, 0.3) is 0 Å². The Labute approximate surface area is 122 Å². The van der Waals surface area contributed by atoms with Gasteiger partial charge in [-0.2, -0.15) is 11.0 Å². The molecule has 0 spiro atoms. The van der Waals surface area contributed by atoms with Crippen LogP contribution in [0, 0.1) is 0 Å². The molecule has 0 bridgehead atoms. The van der Waals surface area contributed by atoms with Gasteiger partial charge in [-0.05, 0) is 37.7 Å². The molecule has 1 aliphatic rings. The third-order valence-corrected chi connectivity index (χ3v) is 3.78. The second-order valence-corrected chi connectivity index (χ2v) is 5.23. The first-order valence-electron chi connectivity index (χ1n) is 7.79. The molecule has 0 radical (unpaired) electrons. The number of hydrogen-bond acceptors (Lipinski definition) is 3. The Morgan fingerprint density at radius 3 is 2.45 bits per heavy atom. The molecular weight excluding hydrogens is 254 g/mol. The second-order valence-electron chi connectivity index (χ2n) is 5.23. The van der Waals surface area contributed by atoms with Crippen LogP contribution in [0.25, 0.3) is 0 Å². The van der Waals surface area contributed by atoms with Crippen molar-refractivity contribution in [3.8, 4) is 0 Å². The Balaban J connectivity index is 3.09. The number of hydrogen-bond donors (Lipinski definition) is 3. The molecule has 1 fully saturated rings. The van der Waals surface area contributed by atoms with E-state index in [1.165, 1.54) is 36.0 Å². The van der Waals surface area contributed by atoms with Crippen LogP contribution < -0.4 is 11.0 Å². The minimum atomic E-state index is 0.860. The molecule has 1 rings (SSSR count). The number of quaternary nitrogens is 2. The predicted molar refractivity (Wildman–Crippen MR) is 78.4 cm³/mol. The molecule has 5 nitrogen and oxygen atoms in total. The number of piperidine rings is 1. The smallest absolute Gasteiger partial charge is 0.241 e. The van der Waals surface area contributed by atoms with E-state index in [0.29, 0.717) is 0 Å². The van der Waals surface area contributed by atoms with Gasteiger partial charge in [-0.3, -0.25) is 0 Å². The second kappa shape index (κ2) is 9.94. The molecule has 5 heteroatoms. The van der Waals surface area contributed by atoms with Crippen molar-refractivity contribution in [3.05, 3.63) is 23.2 Å². The van der Waals surface area contributed by atoms with Crippen molar-refractivity contribution in [1.29, 1.82) is 0 Å². The summed E-state index contributed by atoms with van der Waals surface area (Å²) in [6.07, 6.45) is 8.88. The summed E-state index contributed by atoms with van der Waals surface area (Å²) in [5.41, 5.74) is 6.34. The Hall–Kier alpha value is -0.880. The fraction of sp³-hybridized carbons (Fsp3) is 0.733. The first-order chi connectivity index (χ1) is 9.78. The van der Waals surface area contributed by atoms with Crippen molar-refractivity contribution in [2.24, 2.45) is 0 Å². The van der Waals surface area contributed by atoms with E-state index in [-0.39, 0.29) is 0 Å². The van der Waals surface area contributed by atoms with Gasteiger partial charge in [-0.25, -0.2) is 10.0 Å². The summed E-state index contributed by atoms with van der Waals surface area (Å²) >= 11 is 0. The fourth-order valence-corrected chi connectivity index (χ4v) is 2.82. The van der Waals surface area contributed by atoms with Crippen LogP contribution in [-0.2, 0) is 4.84 Å². The average Bonchev–Trinajstić information content (AvgIpc) is 2.50. The van der Waals surface area contributed by atoms with Gasteiger partial charge in [-0.15, -0.1) is 0 Å². The highest BCUT2D eigenvalue weighted by Gasteiger charge is 2.24. The average molecular weight is 285 g/mol. The van der Waals surface area contributed by atoms with E-state index in [1.807, 2.05) is 6.20 Å². The Bertz CT molecular complexity index is 334.